The van der Waals surface area contributed by atoms with E-state index in [9.17, 15) is 0 Å². The molecule has 0 aliphatic heterocycles. The molecule has 64 valence electrons. The van der Waals surface area contributed by atoms with E-state index in [4.69, 9.17) is 4.42 Å². The van der Waals surface area contributed by atoms with Crippen LogP contribution in [0, 0.1) is 13.8 Å². The molecule has 0 saturated heterocycles. The second-order valence-corrected chi connectivity index (χ2v) is 3.13. The molecule has 0 radical (unpaired) electrons. The molecule has 12 heavy (non-hydrogen) atoms. The van der Waals surface area contributed by atoms with E-state index in [1.165, 1.54) is 5.56 Å². The summed E-state index contributed by atoms with van der Waals surface area (Å²) < 4.78 is 4.72. The van der Waals surface area contributed by atoms with Gasteiger partial charge >= 0.3 is 0 Å². The lowest BCUT2D eigenvalue weighted by Gasteiger charge is -1.67. The fourth-order valence-corrected chi connectivity index (χ4v) is 1.29. The van der Waals surface area contributed by atoms with Crippen LogP contribution in [0.15, 0.2) is 33.7 Å². The number of aromatic nitrogens is 1. The van der Waals surface area contributed by atoms with E-state index in [0.29, 0.717) is 0 Å². The Kier molecular flexibility index (Phi) is 3.54. The zero-order chi connectivity index (χ0) is 8.81. The van der Waals surface area contributed by atoms with E-state index in [-0.39, 0.29) is 0 Å². The van der Waals surface area contributed by atoms with Crippen molar-refractivity contribution in [2.24, 2.45) is 0 Å². The van der Waals surface area contributed by atoms with E-state index in [2.05, 4.69) is 28.7 Å². The Bertz CT molecular complexity index is 254. The van der Waals surface area contributed by atoms with Crippen LogP contribution in [0.3, 0.4) is 0 Å². The van der Waals surface area contributed by atoms with Crippen LogP contribution in [0.4, 0.5) is 0 Å². The summed E-state index contributed by atoms with van der Waals surface area (Å²) >= 11 is 1.74. The van der Waals surface area contributed by atoms with Crippen LogP contribution in [-0.2, 0) is 0 Å². The molecule has 3 heteroatoms. The van der Waals surface area contributed by atoms with Crippen molar-refractivity contribution < 1.29 is 4.42 Å². The number of nitrogens with zero attached hydrogens (tertiary/aromatic N) is 1. The van der Waals surface area contributed by atoms with E-state index in [0.717, 1.165) is 5.89 Å². The predicted molar refractivity (Wildman–Crippen MR) is 50.3 cm³/mol. The molecule has 0 fully saturated rings. The Balaban J connectivity index is 0.000000120. The lowest BCUT2D eigenvalue weighted by molar-refractivity contribution is 0.521. The summed E-state index contributed by atoms with van der Waals surface area (Å²) in [6.07, 6.45) is 3.17. The molecule has 0 unspecified atom stereocenters. The number of thiophene rings is 1. The summed E-state index contributed by atoms with van der Waals surface area (Å²) in [6, 6.07) is 2.10. The molecule has 2 aromatic rings. The molecule has 2 rings (SSSR count). The minimum absolute atomic E-state index is 0.718. The van der Waals surface area contributed by atoms with E-state index in [1.807, 2.05) is 0 Å². The van der Waals surface area contributed by atoms with Crippen LogP contribution in [-0.4, -0.2) is 4.98 Å². The zero-order valence-electron chi connectivity index (χ0n) is 7.15. The minimum atomic E-state index is 0.718. The fourth-order valence-electron chi connectivity index (χ4n) is 0.627. The van der Waals surface area contributed by atoms with Gasteiger partial charge < -0.3 is 4.42 Å². The Morgan fingerprint density at radius 3 is 2.42 bits per heavy atom. The highest BCUT2D eigenvalue weighted by molar-refractivity contribution is 7.07. The van der Waals surface area contributed by atoms with Gasteiger partial charge in [-0.25, -0.2) is 4.98 Å². The average molecular weight is 181 g/mol. The third-order valence-corrected chi connectivity index (χ3v) is 2.02. The monoisotopic (exact) mass is 181 g/mol. The van der Waals surface area contributed by atoms with Gasteiger partial charge in [-0.1, -0.05) is 0 Å². The summed E-state index contributed by atoms with van der Waals surface area (Å²) in [5.41, 5.74) is 1.36. The zero-order valence-corrected chi connectivity index (χ0v) is 7.97. The normalized spacial score (nSPS) is 8.83. The first kappa shape index (κ1) is 9.00. The Hall–Kier alpha value is -1.09. The van der Waals surface area contributed by atoms with Crippen molar-refractivity contribution in [2.75, 3.05) is 0 Å². The third kappa shape index (κ3) is 3.34. The maximum absolute atomic E-state index is 4.72. The molecule has 0 amide bonds. The van der Waals surface area contributed by atoms with Gasteiger partial charge in [-0.2, -0.15) is 11.3 Å². The van der Waals surface area contributed by atoms with Crippen molar-refractivity contribution in [3.8, 4) is 0 Å². The van der Waals surface area contributed by atoms with Crippen LogP contribution in [0.25, 0.3) is 0 Å². The molecule has 0 atom stereocenters. The lowest BCUT2D eigenvalue weighted by atomic mass is 10.4. The van der Waals surface area contributed by atoms with E-state index in [1.54, 1.807) is 30.7 Å². The highest BCUT2D eigenvalue weighted by atomic mass is 32.1. The Labute approximate surface area is 75.9 Å². The van der Waals surface area contributed by atoms with Crippen molar-refractivity contribution in [3.05, 3.63) is 40.7 Å². The van der Waals surface area contributed by atoms with Gasteiger partial charge in [-0.15, -0.1) is 0 Å². The summed E-state index contributed by atoms with van der Waals surface area (Å²) in [5.74, 6) is 0.718. The van der Waals surface area contributed by atoms with Crippen molar-refractivity contribution in [3.63, 3.8) is 0 Å². The number of hydrogen-bond donors (Lipinski definition) is 0. The van der Waals surface area contributed by atoms with Gasteiger partial charge in [0.25, 0.3) is 0 Å². The lowest BCUT2D eigenvalue weighted by Crippen LogP contribution is -1.59. The molecule has 0 aliphatic rings. The van der Waals surface area contributed by atoms with Crippen LogP contribution in [0.5, 0.6) is 0 Å². The SMILES string of the molecule is Cc1ccsc1.Cc1ncco1. The number of rotatable bonds is 0. The molecule has 0 N–H and O–H groups in total. The summed E-state index contributed by atoms with van der Waals surface area (Å²) in [7, 11) is 0. The second-order valence-electron chi connectivity index (χ2n) is 2.35. The summed E-state index contributed by atoms with van der Waals surface area (Å²) in [5, 5.41) is 4.20. The molecule has 0 saturated carbocycles. The standard InChI is InChI=1S/C5H6S.C4H5NO/c1-5-2-3-6-4-5;1-4-5-2-3-6-4/h2-4H,1H3;2-3H,1H3. The van der Waals surface area contributed by atoms with Crippen molar-refractivity contribution in [2.45, 2.75) is 13.8 Å². The van der Waals surface area contributed by atoms with Crippen molar-refractivity contribution in [1.82, 2.24) is 4.98 Å². The predicted octanol–water partition coefficient (Wildman–Crippen LogP) is 3.04. The largest absolute Gasteiger partial charge is 0.449 e. The topological polar surface area (TPSA) is 26.0 Å². The number of oxazole rings is 1. The van der Waals surface area contributed by atoms with Gasteiger partial charge in [-0.05, 0) is 29.3 Å². The van der Waals surface area contributed by atoms with Crippen molar-refractivity contribution >= 4 is 11.3 Å². The Morgan fingerprint density at radius 2 is 2.25 bits per heavy atom. The van der Waals surface area contributed by atoms with E-state index < -0.39 is 0 Å². The molecule has 2 heterocycles. The van der Waals surface area contributed by atoms with Crippen LogP contribution in [0.2, 0.25) is 0 Å². The van der Waals surface area contributed by atoms with Gasteiger partial charge in [0.2, 0.25) is 0 Å². The molecule has 0 aromatic carbocycles. The maximum Gasteiger partial charge on any atom is 0.190 e. The maximum atomic E-state index is 4.72. The minimum Gasteiger partial charge on any atom is -0.449 e. The second kappa shape index (κ2) is 4.72. The summed E-state index contributed by atoms with van der Waals surface area (Å²) in [4.78, 5) is 3.75. The van der Waals surface area contributed by atoms with E-state index >= 15 is 0 Å². The van der Waals surface area contributed by atoms with Gasteiger partial charge in [0.15, 0.2) is 5.89 Å². The average Bonchev–Trinajstić information content (AvgIpc) is 2.63. The van der Waals surface area contributed by atoms with Crippen LogP contribution < -0.4 is 0 Å². The van der Waals surface area contributed by atoms with Gasteiger partial charge in [-0.3, -0.25) is 0 Å². The van der Waals surface area contributed by atoms with Crippen molar-refractivity contribution in [1.29, 1.82) is 0 Å². The smallest absolute Gasteiger partial charge is 0.190 e. The quantitative estimate of drug-likeness (QED) is 0.624. The highest BCUT2D eigenvalue weighted by Gasteiger charge is 1.77. The van der Waals surface area contributed by atoms with Gasteiger partial charge in [0.1, 0.15) is 6.26 Å². The first-order valence-electron chi connectivity index (χ1n) is 3.64. The van der Waals surface area contributed by atoms with Gasteiger partial charge in [0.05, 0.1) is 6.20 Å². The molecule has 0 bridgehead atoms. The fraction of sp³-hybridized carbons (Fsp3) is 0.222. The number of aryl methyl sites for hydroxylation is 2. The molecular formula is C9H11NOS. The molecule has 0 aliphatic carbocycles. The van der Waals surface area contributed by atoms with Crippen LogP contribution >= 0.6 is 11.3 Å². The van der Waals surface area contributed by atoms with Crippen LogP contribution in [0.1, 0.15) is 11.5 Å². The number of hydrogen-bond acceptors (Lipinski definition) is 3. The first-order valence-corrected chi connectivity index (χ1v) is 4.58. The highest BCUT2D eigenvalue weighted by Crippen LogP contribution is 2.01. The molecule has 0 spiro atoms. The first-order chi connectivity index (χ1) is 5.79. The summed E-state index contributed by atoms with van der Waals surface area (Å²) in [6.45, 7) is 3.90. The molecule has 2 aromatic heterocycles. The molecule has 2 nitrogen and oxygen atoms in total. The van der Waals surface area contributed by atoms with Gasteiger partial charge in [0, 0.05) is 6.92 Å². The Morgan fingerprint density at radius 1 is 1.42 bits per heavy atom. The molecular weight excluding hydrogens is 170 g/mol. The third-order valence-electron chi connectivity index (χ3n) is 1.22.